The van der Waals surface area contributed by atoms with E-state index in [1.54, 1.807) is 19.9 Å². The number of anilines is 2. The molecule has 0 fully saturated rings. The summed E-state index contributed by atoms with van der Waals surface area (Å²) < 4.78 is 38.1. The van der Waals surface area contributed by atoms with Crippen molar-refractivity contribution in [3.8, 4) is 5.75 Å². The molecule has 0 saturated heterocycles. The van der Waals surface area contributed by atoms with Crippen LogP contribution in [0.4, 0.5) is 11.4 Å². The Morgan fingerprint density at radius 3 is 2.67 bits per heavy atom. The molecule has 1 atom stereocenters. The summed E-state index contributed by atoms with van der Waals surface area (Å²) in [6.45, 7) is 3.24. The summed E-state index contributed by atoms with van der Waals surface area (Å²) in [5, 5.41) is 2.66. The number of ether oxygens (including phenoxy) is 2. The van der Waals surface area contributed by atoms with Crippen LogP contribution in [-0.2, 0) is 19.6 Å². The Morgan fingerprint density at radius 2 is 1.96 bits per heavy atom. The van der Waals surface area contributed by atoms with Gasteiger partial charge in [0.15, 0.2) is 6.10 Å². The third-order valence-electron chi connectivity index (χ3n) is 4.06. The highest BCUT2D eigenvalue weighted by Crippen LogP contribution is 2.33. The third kappa shape index (κ3) is 3.72. The van der Waals surface area contributed by atoms with Gasteiger partial charge in [-0.05, 0) is 49.7 Å². The normalized spacial score (nSPS) is 16.0. The molecule has 0 radical (unpaired) electrons. The van der Waals surface area contributed by atoms with Gasteiger partial charge in [-0.1, -0.05) is 6.07 Å². The first-order valence-corrected chi connectivity index (χ1v) is 9.53. The Hall–Kier alpha value is -3.07. The molecule has 1 heterocycles. The predicted molar refractivity (Wildman–Crippen MR) is 98.5 cm³/mol. The van der Waals surface area contributed by atoms with Crippen molar-refractivity contribution in [1.29, 1.82) is 0 Å². The van der Waals surface area contributed by atoms with E-state index in [4.69, 9.17) is 4.74 Å². The minimum Gasteiger partial charge on any atom is -0.479 e. The van der Waals surface area contributed by atoms with Crippen LogP contribution >= 0.6 is 0 Å². The molecule has 3 rings (SSSR count). The summed E-state index contributed by atoms with van der Waals surface area (Å²) in [6, 6.07) is 8.85. The van der Waals surface area contributed by atoms with Gasteiger partial charge in [0.2, 0.25) is 0 Å². The Labute approximate surface area is 156 Å². The second kappa shape index (κ2) is 6.92. The van der Waals surface area contributed by atoms with Crippen LogP contribution in [0.1, 0.15) is 22.8 Å². The number of rotatable bonds is 4. The molecule has 9 heteroatoms. The average molecular weight is 390 g/mol. The number of nitrogens with one attached hydrogen (secondary N) is 2. The molecule has 0 aliphatic carbocycles. The van der Waals surface area contributed by atoms with E-state index >= 15 is 0 Å². The highest BCUT2D eigenvalue weighted by molar-refractivity contribution is 7.92. The Balaban J connectivity index is 1.93. The zero-order valence-corrected chi connectivity index (χ0v) is 15.7. The monoisotopic (exact) mass is 390 g/mol. The molecule has 142 valence electrons. The molecule has 1 aliphatic heterocycles. The number of hydrogen-bond acceptors (Lipinski definition) is 6. The summed E-state index contributed by atoms with van der Waals surface area (Å²) in [5.41, 5.74) is 1.22. The number of benzene rings is 2. The van der Waals surface area contributed by atoms with Gasteiger partial charge in [-0.25, -0.2) is 13.2 Å². The predicted octanol–water partition coefficient (Wildman–Crippen LogP) is 2.30. The van der Waals surface area contributed by atoms with Gasteiger partial charge in [0, 0.05) is 0 Å². The van der Waals surface area contributed by atoms with E-state index in [1.165, 1.54) is 37.4 Å². The summed E-state index contributed by atoms with van der Waals surface area (Å²) in [6.07, 6.45) is -0.622. The lowest BCUT2D eigenvalue weighted by Crippen LogP contribution is -2.34. The number of hydrogen-bond donors (Lipinski definition) is 2. The third-order valence-corrected chi connectivity index (χ3v) is 5.58. The minimum atomic E-state index is -3.97. The maximum Gasteiger partial charge on any atom is 0.337 e. The van der Waals surface area contributed by atoms with E-state index in [0.717, 1.165) is 0 Å². The number of carbonyl (C=O) groups is 2. The fraction of sp³-hybridized carbons (Fsp3) is 0.222. The maximum atomic E-state index is 12.8. The molecule has 27 heavy (non-hydrogen) atoms. The number of fused-ring (bicyclic) bond motifs is 1. The SMILES string of the molecule is COC(=O)c1ccc(C)c(S(=O)(=O)Nc2ccc3c(c2)NC(=O)C(C)O3)c1. The molecule has 8 nitrogen and oxygen atoms in total. The van der Waals surface area contributed by atoms with Gasteiger partial charge < -0.3 is 14.8 Å². The fourth-order valence-corrected chi connectivity index (χ4v) is 3.94. The van der Waals surface area contributed by atoms with Crippen molar-refractivity contribution in [1.82, 2.24) is 0 Å². The lowest BCUT2D eigenvalue weighted by molar-refractivity contribution is -0.122. The van der Waals surface area contributed by atoms with Crippen molar-refractivity contribution in [3.05, 3.63) is 47.5 Å². The molecule has 1 unspecified atom stereocenters. The number of amides is 1. The highest BCUT2D eigenvalue weighted by atomic mass is 32.2. The van der Waals surface area contributed by atoms with E-state index in [0.29, 0.717) is 17.0 Å². The fourth-order valence-electron chi connectivity index (χ4n) is 2.62. The second-order valence-corrected chi connectivity index (χ2v) is 7.69. The highest BCUT2D eigenvalue weighted by Gasteiger charge is 2.25. The van der Waals surface area contributed by atoms with Crippen molar-refractivity contribution in [2.45, 2.75) is 24.8 Å². The molecule has 0 aromatic heterocycles. The molecule has 0 bridgehead atoms. The molecule has 0 spiro atoms. The van der Waals surface area contributed by atoms with Gasteiger partial charge >= 0.3 is 5.97 Å². The molecule has 1 amide bonds. The van der Waals surface area contributed by atoms with Gasteiger partial charge in [-0.3, -0.25) is 9.52 Å². The number of esters is 1. The second-order valence-electron chi connectivity index (χ2n) is 6.04. The van der Waals surface area contributed by atoms with Crippen LogP contribution in [0.2, 0.25) is 0 Å². The van der Waals surface area contributed by atoms with Crippen molar-refractivity contribution in [3.63, 3.8) is 0 Å². The van der Waals surface area contributed by atoms with Crippen molar-refractivity contribution in [2.24, 2.45) is 0 Å². The molecule has 0 saturated carbocycles. The van der Waals surface area contributed by atoms with E-state index in [-0.39, 0.29) is 22.1 Å². The number of carbonyl (C=O) groups excluding carboxylic acids is 2. The van der Waals surface area contributed by atoms with Crippen LogP contribution in [-0.4, -0.2) is 33.5 Å². The van der Waals surface area contributed by atoms with Gasteiger partial charge in [0.25, 0.3) is 15.9 Å². The van der Waals surface area contributed by atoms with E-state index in [2.05, 4.69) is 14.8 Å². The summed E-state index contributed by atoms with van der Waals surface area (Å²) in [7, 11) is -2.75. The van der Waals surface area contributed by atoms with Crippen LogP contribution < -0.4 is 14.8 Å². The first kappa shape index (κ1) is 18.7. The van der Waals surface area contributed by atoms with Gasteiger partial charge in [-0.15, -0.1) is 0 Å². The smallest absolute Gasteiger partial charge is 0.337 e. The number of aryl methyl sites for hydroxylation is 1. The van der Waals surface area contributed by atoms with Crippen molar-refractivity contribution >= 4 is 33.3 Å². The number of sulfonamides is 1. The zero-order valence-electron chi connectivity index (χ0n) is 14.9. The molecule has 2 N–H and O–H groups in total. The Kier molecular flexibility index (Phi) is 4.79. The summed E-state index contributed by atoms with van der Waals surface area (Å²) >= 11 is 0. The maximum absolute atomic E-state index is 12.8. The van der Waals surface area contributed by atoms with E-state index in [9.17, 15) is 18.0 Å². The number of methoxy groups -OCH3 is 1. The summed E-state index contributed by atoms with van der Waals surface area (Å²) in [5.74, 6) is -0.493. The molecule has 2 aromatic carbocycles. The summed E-state index contributed by atoms with van der Waals surface area (Å²) in [4.78, 5) is 23.4. The lowest BCUT2D eigenvalue weighted by Gasteiger charge is -2.23. The molecule has 2 aromatic rings. The van der Waals surface area contributed by atoms with Crippen molar-refractivity contribution in [2.75, 3.05) is 17.1 Å². The Morgan fingerprint density at radius 1 is 1.22 bits per heavy atom. The molecular formula is C18H18N2O6S. The largest absolute Gasteiger partial charge is 0.479 e. The lowest BCUT2D eigenvalue weighted by atomic mass is 10.1. The zero-order chi connectivity index (χ0) is 19.8. The molecule has 1 aliphatic rings. The van der Waals surface area contributed by atoms with E-state index in [1.807, 2.05) is 0 Å². The molecular weight excluding hydrogens is 372 g/mol. The van der Waals surface area contributed by atoms with E-state index < -0.39 is 22.1 Å². The first-order chi connectivity index (χ1) is 12.7. The van der Waals surface area contributed by atoms with Crippen LogP contribution in [0, 0.1) is 6.92 Å². The van der Waals surface area contributed by atoms with Crippen LogP contribution in [0.5, 0.6) is 5.75 Å². The first-order valence-electron chi connectivity index (χ1n) is 8.04. The Bertz CT molecular complexity index is 1030. The standard InChI is InChI=1S/C18H18N2O6S/c1-10-4-5-12(18(22)25-3)8-16(10)27(23,24)20-13-6-7-15-14(9-13)19-17(21)11(2)26-15/h4-9,11,20H,1-3H3,(H,19,21). The van der Waals surface area contributed by atoms with Crippen LogP contribution in [0.15, 0.2) is 41.3 Å². The van der Waals surface area contributed by atoms with Gasteiger partial charge in [-0.2, -0.15) is 0 Å². The average Bonchev–Trinajstić information content (AvgIpc) is 2.62. The topological polar surface area (TPSA) is 111 Å². The minimum absolute atomic E-state index is 0.0444. The van der Waals surface area contributed by atoms with Gasteiger partial charge in [0.1, 0.15) is 5.75 Å². The van der Waals surface area contributed by atoms with Crippen LogP contribution in [0.3, 0.4) is 0 Å². The van der Waals surface area contributed by atoms with Gasteiger partial charge in [0.05, 0.1) is 28.9 Å². The quantitative estimate of drug-likeness (QED) is 0.775. The van der Waals surface area contributed by atoms with Crippen LogP contribution in [0.25, 0.3) is 0 Å². The van der Waals surface area contributed by atoms with Crippen molar-refractivity contribution < 1.29 is 27.5 Å².